The fourth-order valence-corrected chi connectivity index (χ4v) is 2.22. The Hall–Kier alpha value is -1.30. The molecule has 0 aliphatic carbocycles. The number of rotatable bonds is 4. The highest BCUT2D eigenvalue weighted by molar-refractivity contribution is 9.10. The lowest BCUT2D eigenvalue weighted by atomic mass is 10.2. The van der Waals surface area contributed by atoms with E-state index in [0.717, 1.165) is 5.56 Å². The van der Waals surface area contributed by atoms with Crippen LogP contribution in [-0.4, -0.2) is 12.1 Å². The van der Waals surface area contributed by atoms with Crippen molar-refractivity contribution in [3.63, 3.8) is 0 Å². The minimum absolute atomic E-state index is 0.420. The first-order chi connectivity index (χ1) is 9.13. The summed E-state index contributed by atoms with van der Waals surface area (Å²) in [4.78, 5) is 4.11. The van der Waals surface area contributed by atoms with Gasteiger partial charge in [-0.2, -0.15) is 0 Å². The summed E-state index contributed by atoms with van der Waals surface area (Å²) in [6.45, 7) is 0.444. The molecule has 19 heavy (non-hydrogen) atoms. The highest BCUT2D eigenvalue weighted by Crippen LogP contribution is 2.35. The van der Waals surface area contributed by atoms with E-state index in [4.69, 9.17) is 26.8 Å². The summed E-state index contributed by atoms with van der Waals surface area (Å²) in [6, 6.07) is 7.22. The third-order valence-corrected chi connectivity index (χ3v) is 3.22. The molecule has 0 saturated carbocycles. The fourth-order valence-electron chi connectivity index (χ4n) is 1.50. The van der Waals surface area contributed by atoms with Gasteiger partial charge in [0.1, 0.15) is 0 Å². The summed E-state index contributed by atoms with van der Waals surface area (Å²) >= 11 is 9.18. The molecule has 0 fully saturated rings. The van der Waals surface area contributed by atoms with Gasteiger partial charge in [-0.15, -0.1) is 0 Å². The Morgan fingerprint density at radius 1 is 1.32 bits per heavy atom. The van der Waals surface area contributed by atoms with Gasteiger partial charge in [-0.05, 0) is 39.7 Å². The smallest absolute Gasteiger partial charge is 0.233 e. The quantitative estimate of drug-likeness (QED) is 0.918. The van der Waals surface area contributed by atoms with Crippen molar-refractivity contribution in [2.24, 2.45) is 5.73 Å². The maximum Gasteiger partial charge on any atom is 0.233 e. The standard InChI is InChI=1S/C13H12BrClN2O2/c1-18-12-4-8(6-16)2-3-11(12)19-13-10(14)5-9(15)7-17-13/h2-5,7H,6,16H2,1H3. The molecule has 0 radical (unpaired) electrons. The van der Waals surface area contributed by atoms with E-state index in [1.807, 2.05) is 12.1 Å². The van der Waals surface area contributed by atoms with Crippen molar-refractivity contribution in [3.05, 3.63) is 45.5 Å². The molecule has 2 rings (SSSR count). The van der Waals surface area contributed by atoms with Gasteiger partial charge < -0.3 is 15.2 Å². The molecule has 0 atom stereocenters. The molecule has 0 bridgehead atoms. The largest absolute Gasteiger partial charge is 0.493 e. The van der Waals surface area contributed by atoms with Crippen LogP contribution in [0.15, 0.2) is 34.9 Å². The lowest BCUT2D eigenvalue weighted by Crippen LogP contribution is -1.98. The molecule has 100 valence electrons. The van der Waals surface area contributed by atoms with Crippen molar-refractivity contribution in [3.8, 4) is 17.4 Å². The Labute approximate surface area is 124 Å². The molecular weight excluding hydrogens is 332 g/mol. The van der Waals surface area contributed by atoms with Gasteiger partial charge in [-0.1, -0.05) is 17.7 Å². The number of ether oxygens (including phenoxy) is 2. The van der Waals surface area contributed by atoms with Crippen LogP contribution < -0.4 is 15.2 Å². The molecule has 1 aromatic heterocycles. The highest BCUT2D eigenvalue weighted by Gasteiger charge is 2.10. The van der Waals surface area contributed by atoms with Crippen molar-refractivity contribution in [1.29, 1.82) is 0 Å². The Kier molecular flexibility index (Phi) is 4.63. The van der Waals surface area contributed by atoms with Gasteiger partial charge in [0.05, 0.1) is 16.6 Å². The first-order valence-corrected chi connectivity index (χ1v) is 6.67. The molecule has 0 spiro atoms. The third-order valence-electron chi connectivity index (χ3n) is 2.44. The van der Waals surface area contributed by atoms with Crippen LogP contribution in [0.1, 0.15) is 5.56 Å². The van der Waals surface area contributed by atoms with Crippen molar-refractivity contribution in [2.75, 3.05) is 7.11 Å². The maximum absolute atomic E-state index is 5.83. The number of nitrogens with zero attached hydrogens (tertiary/aromatic N) is 1. The molecule has 6 heteroatoms. The molecular formula is C13H12BrClN2O2. The third kappa shape index (κ3) is 3.37. The highest BCUT2D eigenvalue weighted by atomic mass is 79.9. The number of hydrogen-bond donors (Lipinski definition) is 1. The summed E-state index contributed by atoms with van der Waals surface area (Å²) in [7, 11) is 1.58. The van der Waals surface area contributed by atoms with Gasteiger partial charge in [0.25, 0.3) is 0 Å². The van der Waals surface area contributed by atoms with Gasteiger partial charge in [-0.3, -0.25) is 0 Å². The van der Waals surface area contributed by atoms with Crippen LogP contribution in [0, 0.1) is 0 Å². The summed E-state index contributed by atoms with van der Waals surface area (Å²) in [6.07, 6.45) is 1.52. The van der Waals surface area contributed by atoms with Crippen molar-refractivity contribution < 1.29 is 9.47 Å². The van der Waals surface area contributed by atoms with Gasteiger partial charge >= 0.3 is 0 Å². The van der Waals surface area contributed by atoms with E-state index >= 15 is 0 Å². The first-order valence-electron chi connectivity index (χ1n) is 5.50. The molecule has 2 N–H and O–H groups in total. The lowest BCUT2D eigenvalue weighted by Gasteiger charge is -2.11. The first kappa shape index (κ1) is 14.1. The van der Waals surface area contributed by atoms with Crippen LogP contribution >= 0.6 is 27.5 Å². The molecule has 1 aromatic carbocycles. The number of halogens is 2. The number of aromatic nitrogens is 1. The van der Waals surface area contributed by atoms with Gasteiger partial charge in [0, 0.05) is 12.7 Å². The van der Waals surface area contributed by atoms with E-state index in [0.29, 0.717) is 33.4 Å². The van der Waals surface area contributed by atoms with Crippen LogP contribution in [0.4, 0.5) is 0 Å². The average molecular weight is 344 g/mol. The summed E-state index contributed by atoms with van der Waals surface area (Å²) in [5, 5.41) is 0.532. The van der Waals surface area contributed by atoms with Crippen LogP contribution in [-0.2, 0) is 6.54 Å². The predicted octanol–water partition coefficient (Wildman–Crippen LogP) is 3.76. The van der Waals surface area contributed by atoms with Crippen molar-refractivity contribution in [1.82, 2.24) is 4.98 Å². The maximum atomic E-state index is 5.83. The van der Waals surface area contributed by atoms with E-state index in [2.05, 4.69) is 20.9 Å². The number of methoxy groups -OCH3 is 1. The number of nitrogens with two attached hydrogens (primary N) is 1. The molecule has 0 unspecified atom stereocenters. The number of pyridine rings is 1. The van der Waals surface area contributed by atoms with Crippen LogP contribution in [0.25, 0.3) is 0 Å². The molecule has 0 saturated heterocycles. The fraction of sp³-hybridized carbons (Fsp3) is 0.154. The van der Waals surface area contributed by atoms with Gasteiger partial charge in [0.15, 0.2) is 11.5 Å². The second kappa shape index (κ2) is 6.23. The van der Waals surface area contributed by atoms with E-state index in [9.17, 15) is 0 Å². The summed E-state index contributed by atoms with van der Waals surface area (Å²) in [5.74, 6) is 1.59. The van der Waals surface area contributed by atoms with Gasteiger partial charge in [0.2, 0.25) is 5.88 Å². The van der Waals surface area contributed by atoms with E-state index in [1.54, 1.807) is 19.2 Å². The molecule has 4 nitrogen and oxygen atoms in total. The molecule has 2 aromatic rings. The summed E-state index contributed by atoms with van der Waals surface area (Å²) in [5.41, 5.74) is 6.55. The Morgan fingerprint density at radius 2 is 2.11 bits per heavy atom. The van der Waals surface area contributed by atoms with E-state index < -0.39 is 0 Å². The second-order valence-corrected chi connectivity index (χ2v) is 5.02. The zero-order valence-corrected chi connectivity index (χ0v) is 12.5. The van der Waals surface area contributed by atoms with Crippen LogP contribution in [0.5, 0.6) is 17.4 Å². The second-order valence-electron chi connectivity index (χ2n) is 3.73. The van der Waals surface area contributed by atoms with E-state index in [1.165, 1.54) is 6.20 Å². The molecule has 0 aliphatic heterocycles. The molecule has 0 amide bonds. The molecule has 0 aliphatic rings. The topological polar surface area (TPSA) is 57.4 Å². The zero-order chi connectivity index (χ0) is 13.8. The van der Waals surface area contributed by atoms with Crippen molar-refractivity contribution in [2.45, 2.75) is 6.54 Å². The van der Waals surface area contributed by atoms with E-state index in [-0.39, 0.29) is 0 Å². The average Bonchev–Trinajstić information content (AvgIpc) is 2.42. The Bertz CT molecular complexity index is 593. The Morgan fingerprint density at radius 3 is 2.74 bits per heavy atom. The normalized spacial score (nSPS) is 10.3. The van der Waals surface area contributed by atoms with Crippen LogP contribution in [0.3, 0.4) is 0 Å². The van der Waals surface area contributed by atoms with Gasteiger partial charge in [-0.25, -0.2) is 4.98 Å². The minimum atomic E-state index is 0.420. The van der Waals surface area contributed by atoms with Crippen LogP contribution in [0.2, 0.25) is 5.02 Å². The SMILES string of the molecule is COc1cc(CN)ccc1Oc1ncc(Cl)cc1Br. The number of hydrogen-bond acceptors (Lipinski definition) is 4. The Balaban J connectivity index is 2.32. The molecule has 1 heterocycles. The van der Waals surface area contributed by atoms with Crippen molar-refractivity contribution >= 4 is 27.5 Å². The summed E-state index contributed by atoms with van der Waals surface area (Å²) < 4.78 is 11.6. The zero-order valence-electron chi connectivity index (χ0n) is 10.2. The minimum Gasteiger partial charge on any atom is -0.493 e. The lowest BCUT2D eigenvalue weighted by molar-refractivity contribution is 0.373. The number of benzene rings is 1. The monoisotopic (exact) mass is 342 g/mol. The predicted molar refractivity (Wildman–Crippen MR) is 77.9 cm³/mol.